The zero-order valence-electron chi connectivity index (χ0n) is 14.2. The zero-order chi connectivity index (χ0) is 19.6. The standard InChI is InChI=1S/C20H13BrF2N2O2/c1-12-8-18(27-11-13-6-7-15(22)9-14(13)10-24)19(21)20(26)25(12)17-5-3-2-4-16(17)23/h2-9H,11H2,1H3. The summed E-state index contributed by atoms with van der Waals surface area (Å²) in [7, 11) is 0. The highest BCUT2D eigenvalue weighted by molar-refractivity contribution is 9.10. The summed E-state index contributed by atoms with van der Waals surface area (Å²) in [5, 5.41) is 9.10. The Balaban J connectivity index is 1.97. The Morgan fingerprint density at radius 2 is 1.93 bits per heavy atom. The molecule has 0 amide bonds. The van der Waals surface area contributed by atoms with E-state index in [1.807, 2.05) is 6.07 Å². The maximum absolute atomic E-state index is 14.1. The molecule has 136 valence electrons. The van der Waals surface area contributed by atoms with Crippen LogP contribution in [-0.2, 0) is 6.61 Å². The van der Waals surface area contributed by atoms with E-state index in [2.05, 4.69) is 15.9 Å². The van der Waals surface area contributed by atoms with E-state index in [1.54, 1.807) is 25.1 Å². The lowest BCUT2D eigenvalue weighted by atomic mass is 10.1. The summed E-state index contributed by atoms with van der Waals surface area (Å²) in [4.78, 5) is 12.7. The van der Waals surface area contributed by atoms with Crippen LogP contribution in [0.2, 0.25) is 0 Å². The summed E-state index contributed by atoms with van der Waals surface area (Å²) >= 11 is 3.20. The molecule has 0 bridgehead atoms. The van der Waals surface area contributed by atoms with Gasteiger partial charge in [-0.3, -0.25) is 9.36 Å². The Morgan fingerprint density at radius 3 is 2.63 bits per heavy atom. The van der Waals surface area contributed by atoms with Crippen LogP contribution in [0, 0.1) is 29.9 Å². The van der Waals surface area contributed by atoms with E-state index < -0.39 is 17.2 Å². The number of nitriles is 1. The third-order valence-corrected chi connectivity index (χ3v) is 4.70. The Morgan fingerprint density at radius 1 is 1.19 bits per heavy atom. The average molecular weight is 431 g/mol. The highest BCUT2D eigenvalue weighted by Crippen LogP contribution is 2.26. The number of hydrogen-bond donors (Lipinski definition) is 0. The minimum atomic E-state index is -0.520. The average Bonchev–Trinajstić information content (AvgIpc) is 2.65. The van der Waals surface area contributed by atoms with Gasteiger partial charge in [0.25, 0.3) is 5.56 Å². The monoisotopic (exact) mass is 430 g/mol. The zero-order valence-corrected chi connectivity index (χ0v) is 15.8. The van der Waals surface area contributed by atoms with E-state index in [-0.39, 0.29) is 28.1 Å². The molecule has 0 atom stereocenters. The first kappa shape index (κ1) is 18.8. The third-order valence-electron chi connectivity index (χ3n) is 3.97. The molecule has 3 rings (SSSR count). The van der Waals surface area contributed by atoms with E-state index in [1.165, 1.54) is 28.8 Å². The number of halogens is 3. The first-order valence-electron chi connectivity index (χ1n) is 7.90. The second-order valence-corrected chi connectivity index (χ2v) is 6.55. The Bertz CT molecular complexity index is 1120. The molecule has 1 aromatic heterocycles. The summed E-state index contributed by atoms with van der Waals surface area (Å²) in [5.74, 6) is -0.786. The molecule has 0 radical (unpaired) electrons. The van der Waals surface area contributed by atoms with Gasteiger partial charge in [-0.05, 0) is 47.1 Å². The highest BCUT2D eigenvalue weighted by atomic mass is 79.9. The van der Waals surface area contributed by atoms with Crippen LogP contribution in [0.1, 0.15) is 16.8 Å². The predicted molar refractivity (Wildman–Crippen MR) is 99.9 cm³/mol. The molecule has 1 heterocycles. The number of aromatic nitrogens is 1. The fraction of sp³-hybridized carbons (Fsp3) is 0.100. The van der Waals surface area contributed by atoms with E-state index >= 15 is 0 Å². The number of nitrogens with zero attached hydrogens (tertiary/aromatic N) is 2. The Labute approximate surface area is 162 Å². The number of hydrogen-bond acceptors (Lipinski definition) is 3. The molecule has 0 fully saturated rings. The molecule has 4 nitrogen and oxygen atoms in total. The molecule has 0 aliphatic rings. The van der Waals surface area contributed by atoms with Crippen LogP contribution in [0.15, 0.2) is 57.8 Å². The number of para-hydroxylation sites is 1. The minimum absolute atomic E-state index is 0.0234. The molecule has 0 saturated heterocycles. The summed E-state index contributed by atoms with van der Waals surface area (Å²) in [6, 6.07) is 13.3. The first-order valence-corrected chi connectivity index (χ1v) is 8.70. The molecule has 7 heteroatoms. The fourth-order valence-electron chi connectivity index (χ4n) is 2.65. The van der Waals surface area contributed by atoms with Gasteiger partial charge in [0.1, 0.15) is 28.5 Å². The number of ether oxygens (including phenoxy) is 1. The molecule has 0 aliphatic carbocycles. The summed E-state index contributed by atoms with van der Waals surface area (Å²) in [6.07, 6.45) is 0. The van der Waals surface area contributed by atoms with Gasteiger partial charge in [0.2, 0.25) is 0 Å². The molecule has 27 heavy (non-hydrogen) atoms. The van der Waals surface area contributed by atoms with Crippen molar-refractivity contribution in [1.29, 1.82) is 5.26 Å². The summed E-state index contributed by atoms with van der Waals surface area (Å²) in [5.41, 5.74) is 0.777. The number of aryl methyl sites for hydroxylation is 1. The highest BCUT2D eigenvalue weighted by Gasteiger charge is 2.16. The van der Waals surface area contributed by atoms with Crippen molar-refractivity contribution >= 4 is 15.9 Å². The van der Waals surface area contributed by atoms with Crippen molar-refractivity contribution in [1.82, 2.24) is 4.57 Å². The first-order chi connectivity index (χ1) is 12.9. The van der Waals surface area contributed by atoms with Crippen molar-refractivity contribution in [2.24, 2.45) is 0 Å². The normalized spacial score (nSPS) is 10.5. The molecule has 0 N–H and O–H groups in total. The van der Waals surface area contributed by atoms with Gasteiger partial charge in [-0.2, -0.15) is 5.26 Å². The molecule has 0 aliphatic heterocycles. The lowest BCUT2D eigenvalue weighted by Crippen LogP contribution is -2.23. The second-order valence-electron chi connectivity index (χ2n) is 5.76. The SMILES string of the molecule is Cc1cc(OCc2ccc(F)cc2C#N)c(Br)c(=O)n1-c1ccccc1F. The maximum Gasteiger partial charge on any atom is 0.273 e. The van der Waals surface area contributed by atoms with Gasteiger partial charge in [0.05, 0.1) is 17.3 Å². The van der Waals surface area contributed by atoms with Gasteiger partial charge in [0, 0.05) is 17.3 Å². The van der Waals surface area contributed by atoms with Crippen molar-refractivity contribution in [3.8, 4) is 17.5 Å². The van der Waals surface area contributed by atoms with Gasteiger partial charge in [-0.25, -0.2) is 8.78 Å². The summed E-state index contributed by atoms with van der Waals surface area (Å²) < 4.78 is 34.3. The van der Waals surface area contributed by atoms with Gasteiger partial charge in [0.15, 0.2) is 0 Å². The van der Waals surface area contributed by atoms with Crippen LogP contribution in [0.4, 0.5) is 8.78 Å². The Kier molecular flexibility index (Phi) is 5.38. The number of benzene rings is 2. The summed E-state index contributed by atoms with van der Waals surface area (Å²) in [6.45, 7) is 1.64. The minimum Gasteiger partial charge on any atom is -0.487 e. The van der Waals surface area contributed by atoms with E-state index in [0.29, 0.717) is 11.3 Å². The number of rotatable bonds is 4. The van der Waals surface area contributed by atoms with Gasteiger partial charge in [-0.15, -0.1) is 0 Å². The lowest BCUT2D eigenvalue weighted by Gasteiger charge is -2.15. The fourth-order valence-corrected chi connectivity index (χ4v) is 3.06. The van der Waals surface area contributed by atoms with Gasteiger partial charge in [-0.1, -0.05) is 18.2 Å². The number of pyridine rings is 1. The van der Waals surface area contributed by atoms with Gasteiger partial charge < -0.3 is 4.74 Å². The molecular weight excluding hydrogens is 418 g/mol. The van der Waals surface area contributed by atoms with Crippen LogP contribution in [-0.4, -0.2) is 4.57 Å². The lowest BCUT2D eigenvalue weighted by molar-refractivity contribution is 0.302. The predicted octanol–water partition coefficient (Wildman–Crippen LogP) is 4.64. The van der Waals surface area contributed by atoms with Crippen LogP contribution in [0.25, 0.3) is 5.69 Å². The Hall–Kier alpha value is -2.98. The second kappa shape index (κ2) is 7.72. The van der Waals surface area contributed by atoms with Crippen molar-refractivity contribution in [3.05, 3.63) is 91.8 Å². The van der Waals surface area contributed by atoms with E-state index in [4.69, 9.17) is 10.00 Å². The molecule has 0 saturated carbocycles. The van der Waals surface area contributed by atoms with Crippen LogP contribution in [0.5, 0.6) is 5.75 Å². The van der Waals surface area contributed by atoms with Crippen LogP contribution < -0.4 is 10.3 Å². The van der Waals surface area contributed by atoms with Crippen molar-refractivity contribution in [2.45, 2.75) is 13.5 Å². The van der Waals surface area contributed by atoms with Crippen molar-refractivity contribution in [2.75, 3.05) is 0 Å². The van der Waals surface area contributed by atoms with E-state index in [0.717, 1.165) is 6.07 Å². The quantitative estimate of drug-likeness (QED) is 0.605. The van der Waals surface area contributed by atoms with Crippen LogP contribution in [0.3, 0.4) is 0 Å². The maximum atomic E-state index is 14.1. The van der Waals surface area contributed by atoms with Crippen molar-refractivity contribution < 1.29 is 13.5 Å². The molecule has 3 aromatic rings. The molecule has 0 unspecified atom stereocenters. The topological polar surface area (TPSA) is 55.0 Å². The van der Waals surface area contributed by atoms with E-state index in [9.17, 15) is 13.6 Å². The largest absolute Gasteiger partial charge is 0.487 e. The van der Waals surface area contributed by atoms with Gasteiger partial charge >= 0.3 is 0 Å². The molecular formula is C20H13BrF2N2O2. The smallest absolute Gasteiger partial charge is 0.273 e. The van der Waals surface area contributed by atoms with Crippen molar-refractivity contribution in [3.63, 3.8) is 0 Å². The molecule has 2 aromatic carbocycles. The van der Waals surface area contributed by atoms with Crippen LogP contribution >= 0.6 is 15.9 Å². The molecule has 0 spiro atoms. The third kappa shape index (κ3) is 3.76.